The topological polar surface area (TPSA) is 62.0 Å². The van der Waals surface area contributed by atoms with Crippen LogP contribution in [0.4, 0.5) is 0 Å². The first-order valence-corrected chi connectivity index (χ1v) is 6.16. The van der Waals surface area contributed by atoms with Crippen molar-refractivity contribution in [1.29, 1.82) is 0 Å². The van der Waals surface area contributed by atoms with E-state index < -0.39 is 0 Å². The SMILES string of the molecule is CCC(Br)CCNC(=O)c1cccc(=O)[nH]1. The zero-order chi connectivity index (χ0) is 12.0. The third-order valence-electron chi connectivity index (χ3n) is 2.20. The molecule has 88 valence electrons. The van der Waals surface area contributed by atoms with Crippen LogP contribution >= 0.6 is 15.9 Å². The average molecular weight is 287 g/mol. The number of aromatic nitrogens is 1. The van der Waals surface area contributed by atoms with Crippen LogP contribution in [-0.4, -0.2) is 22.3 Å². The standard InChI is InChI=1S/C11H15BrN2O2/c1-2-8(12)6-7-13-11(16)9-4-3-5-10(15)14-9/h3-5,8H,2,6-7H2,1H3,(H,13,16)(H,14,15). The van der Waals surface area contributed by atoms with Gasteiger partial charge in [0.25, 0.3) is 5.91 Å². The van der Waals surface area contributed by atoms with Crippen LogP contribution in [0.5, 0.6) is 0 Å². The maximum Gasteiger partial charge on any atom is 0.267 e. The van der Waals surface area contributed by atoms with Crippen molar-refractivity contribution in [2.75, 3.05) is 6.54 Å². The third kappa shape index (κ3) is 4.18. The van der Waals surface area contributed by atoms with Crippen LogP contribution in [-0.2, 0) is 0 Å². The number of carbonyl (C=O) groups excluding carboxylic acids is 1. The molecule has 0 aliphatic rings. The molecule has 1 heterocycles. The lowest BCUT2D eigenvalue weighted by molar-refractivity contribution is 0.0948. The molecule has 0 aliphatic heterocycles. The summed E-state index contributed by atoms with van der Waals surface area (Å²) < 4.78 is 0. The molecule has 0 aliphatic carbocycles. The van der Waals surface area contributed by atoms with E-state index in [1.165, 1.54) is 6.07 Å². The van der Waals surface area contributed by atoms with Gasteiger partial charge in [0.05, 0.1) is 0 Å². The molecule has 0 aromatic carbocycles. The van der Waals surface area contributed by atoms with E-state index in [9.17, 15) is 9.59 Å². The molecule has 0 saturated heterocycles. The Morgan fingerprint density at radius 1 is 1.56 bits per heavy atom. The molecule has 1 rings (SSSR count). The van der Waals surface area contributed by atoms with Crippen molar-refractivity contribution < 1.29 is 4.79 Å². The van der Waals surface area contributed by atoms with Crippen LogP contribution < -0.4 is 10.9 Å². The lowest BCUT2D eigenvalue weighted by atomic mass is 10.2. The predicted molar refractivity (Wildman–Crippen MR) is 67.0 cm³/mol. The summed E-state index contributed by atoms with van der Waals surface area (Å²) in [6.07, 6.45) is 1.90. The minimum absolute atomic E-state index is 0.242. The number of rotatable bonds is 5. The van der Waals surface area contributed by atoms with Crippen molar-refractivity contribution in [2.45, 2.75) is 24.6 Å². The number of aromatic amines is 1. The van der Waals surface area contributed by atoms with E-state index in [1.54, 1.807) is 12.1 Å². The summed E-state index contributed by atoms with van der Waals surface area (Å²) in [5.41, 5.74) is 0.0368. The van der Waals surface area contributed by atoms with E-state index in [0.717, 1.165) is 12.8 Å². The Hall–Kier alpha value is -1.10. The molecule has 4 nitrogen and oxygen atoms in total. The van der Waals surface area contributed by atoms with Gasteiger partial charge in [-0.2, -0.15) is 0 Å². The molecule has 5 heteroatoms. The minimum atomic E-state index is -0.264. The van der Waals surface area contributed by atoms with Crippen LogP contribution in [0.2, 0.25) is 0 Å². The number of pyridine rings is 1. The number of hydrogen-bond donors (Lipinski definition) is 2. The van der Waals surface area contributed by atoms with Crippen LogP contribution in [0.1, 0.15) is 30.3 Å². The van der Waals surface area contributed by atoms with Gasteiger partial charge in [0.1, 0.15) is 5.69 Å². The van der Waals surface area contributed by atoms with Crippen molar-refractivity contribution in [1.82, 2.24) is 10.3 Å². The molecule has 1 unspecified atom stereocenters. The van der Waals surface area contributed by atoms with E-state index >= 15 is 0 Å². The summed E-state index contributed by atoms with van der Waals surface area (Å²) >= 11 is 3.49. The highest BCUT2D eigenvalue weighted by molar-refractivity contribution is 9.09. The zero-order valence-corrected chi connectivity index (χ0v) is 10.7. The Bertz CT molecular complexity index is 403. The van der Waals surface area contributed by atoms with Gasteiger partial charge in [-0.05, 0) is 18.9 Å². The average Bonchev–Trinajstić information content (AvgIpc) is 2.28. The highest BCUT2D eigenvalue weighted by Gasteiger charge is 2.06. The Balaban J connectivity index is 2.44. The fourth-order valence-electron chi connectivity index (χ4n) is 1.22. The molecule has 1 aromatic rings. The second-order valence-corrected chi connectivity index (χ2v) is 4.77. The summed E-state index contributed by atoms with van der Waals surface area (Å²) in [6.45, 7) is 2.68. The highest BCUT2D eigenvalue weighted by Crippen LogP contribution is 2.07. The van der Waals surface area contributed by atoms with Gasteiger partial charge in [0, 0.05) is 17.4 Å². The highest BCUT2D eigenvalue weighted by atomic mass is 79.9. The predicted octanol–water partition coefficient (Wildman–Crippen LogP) is 1.67. The first-order valence-electron chi connectivity index (χ1n) is 5.25. The van der Waals surface area contributed by atoms with Crippen molar-refractivity contribution in [3.8, 4) is 0 Å². The molecule has 16 heavy (non-hydrogen) atoms. The first kappa shape index (κ1) is 13.0. The van der Waals surface area contributed by atoms with Gasteiger partial charge in [-0.1, -0.05) is 28.9 Å². The monoisotopic (exact) mass is 286 g/mol. The summed E-state index contributed by atoms with van der Waals surface area (Å²) in [6, 6.07) is 4.53. The molecule has 1 atom stereocenters. The Morgan fingerprint density at radius 2 is 2.31 bits per heavy atom. The van der Waals surface area contributed by atoms with E-state index in [4.69, 9.17) is 0 Å². The molecule has 1 amide bonds. The molecule has 0 saturated carbocycles. The Morgan fingerprint density at radius 3 is 2.94 bits per heavy atom. The van der Waals surface area contributed by atoms with Crippen LogP contribution in [0.3, 0.4) is 0 Å². The lowest BCUT2D eigenvalue weighted by Crippen LogP contribution is -2.28. The van der Waals surface area contributed by atoms with Crippen molar-refractivity contribution in [3.05, 3.63) is 34.2 Å². The number of halogens is 1. The molecule has 0 bridgehead atoms. The van der Waals surface area contributed by atoms with E-state index in [1.807, 2.05) is 0 Å². The van der Waals surface area contributed by atoms with Crippen LogP contribution in [0.15, 0.2) is 23.0 Å². The summed E-state index contributed by atoms with van der Waals surface area (Å²) in [5.74, 6) is -0.242. The fourth-order valence-corrected chi connectivity index (χ4v) is 1.45. The molecule has 0 spiro atoms. The number of carbonyl (C=O) groups is 1. The molecule has 2 N–H and O–H groups in total. The second kappa shape index (κ2) is 6.48. The van der Waals surface area contributed by atoms with E-state index in [-0.39, 0.29) is 11.5 Å². The summed E-state index contributed by atoms with van der Waals surface area (Å²) in [7, 11) is 0. The van der Waals surface area contributed by atoms with Crippen LogP contribution in [0.25, 0.3) is 0 Å². The summed E-state index contributed by atoms with van der Waals surface area (Å²) in [5, 5.41) is 2.75. The third-order valence-corrected chi connectivity index (χ3v) is 3.30. The number of amides is 1. The number of hydrogen-bond acceptors (Lipinski definition) is 2. The van der Waals surface area contributed by atoms with Gasteiger partial charge in [-0.3, -0.25) is 9.59 Å². The number of alkyl halides is 1. The van der Waals surface area contributed by atoms with Gasteiger partial charge in [0.15, 0.2) is 0 Å². The van der Waals surface area contributed by atoms with Gasteiger partial charge < -0.3 is 10.3 Å². The molecule has 1 aromatic heterocycles. The summed E-state index contributed by atoms with van der Waals surface area (Å²) in [4.78, 5) is 25.4. The molecule has 0 fully saturated rings. The number of nitrogens with one attached hydrogen (secondary N) is 2. The van der Waals surface area contributed by atoms with Gasteiger partial charge >= 0.3 is 0 Å². The fraction of sp³-hybridized carbons (Fsp3) is 0.455. The number of H-pyrrole nitrogens is 1. The quantitative estimate of drug-likeness (QED) is 0.809. The van der Waals surface area contributed by atoms with Crippen molar-refractivity contribution in [3.63, 3.8) is 0 Å². The molecular weight excluding hydrogens is 272 g/mol. The smallest absolute Gasteiger partial charge is 0.267 e. The van der Waals surface area contributed by atoms with Crippen LogP contribution in [0, 0.1) is 0 Å². The zero-order valence-electron chi connectivity index (χ0n) is 9.13. The Labute approximate surface area is 103 Å². The second-order valence-electron chi connectivity index (χ2n) is 3.48. The first-order chi connectivity index (χ1) is 7.63. The van der Waals surface area contributed by atoms with Gasteiger partial charge in [0.2, 0.25) is 5.56 Å². The van der Waals surface area contributed by atoms with Crippen molar-refractivity contribution >= 4 is 21.8 Å². The van der Waals surface area contributed by atoms with E-state index in [2.05, 4.69) is 33.2 Å². The van der Waals surface area contributed by atoms with Gasteiger partial charge in [-0.25, -0.2) is 0 Å². The maximum absolute atomic E-state index is 11.6. The Kier molecular flexibility index (Phi) is 5.25. The van der Waals surface area contributed by atoms with Crippen molar-refractivity contribution in [2.24, 2.45) is 0 Å². The minimum Gasteiger partial charge on any atom is -0.351 e. The van der Waals surface area contributed by atoms with E-state index in [0.29, 0.717) is 17.1 Å². The maximum atomic E-state index is 11.6. The molecular formula is C11H15BrN2O2. The normalized spacial score (nSPS) is 12.1. The largest absolute Gasteiger partial charge is 0.351 e. The molecule has 0 radical (unpaired) electrons. The van der Waals surface area contributed by atoms with Gasteiger partial charge in [-0.15, -0.1) is 0 Å². The lowest BCUT2D eigenvalue weighted by Gasteiger charge is -2.07.